The molecular formula is C8H6ClFO2. The predicted molar refractivity (Wildman–Crippen MR) is 43.2 cm³/mol. The van der Waals surface area contributed by atoms with E-state index in [0.717, 1.165) is 0 Å². The second kappa shape index (κ2) is 3.54. The van der Waals surface area contributed by atoms with Crippen molar-refractivity contribution >= 4 is 17.6 Å². The second-order valence-corrected chi connectivity index (χ2v) is 2.65. The lowest BCUT2D eigenvalue weighted by molar-refractivity contribution is 0.0697. The van der Waals surface area contributed by atoms with Crippen molar-refractivity contribution in [3.63, 3.8) is 0 Å². The SMILES string of the molecule is O=C(O)c1ccc(CF)c(Cl)c1. The van der Waals surface area contributed by atoms with Crippen LogP contribution in [0.4, 0.5) is 4.39 Å². The highest BCUT2D eigenvalue weighted by Crippen LogP contribution is 2.18. The third-order valence-electron chi connectivity index (χ3n) is 1.44. The van der Waals surface area contributed by atoms with E-state index in [1.54, 1.807) is 0 Å². The normalized spacial score (nSPS) is 9.83. The molecule has 0 aliphatic rings. The Bertz CT molecular complexity index is 312. The Hall–Kier alpha value is -1.09. The van der Waals surface area contributed by atoms with Crippen molar-refractivity contribution < 1.29 is 14.3 Å². The minimum Gasteiger partial charge on any atom is -0.478 e. The first-order valence-electron chi connectivity index (χ1n) is 3.23. The zero-order chi connectivity index (χ0) is 9.14. The summed E-state index contributed by atoms with van der Waals surface area (Å²) >= 11 is 5.57. The van der Waals surface area contributed by atoms with Crippen LogP contribution in [0.5, 0.6) is 0 Å². The third-order valence-corrected chi connectivity index (χ3v) is 1.80. The van der Waals surface area contributed by atoms with Gasteiger partial charge in [0.15, 0.2) is 0 Å². The fourth-order valence-corrected chi connectivity index (χ4v) is 1.02. The molecule has 0 saturated heterocycles. The molecule has 1 aromatic rings. The number of carboxylic acids is 1. The van der Waals surface area contributed by atoms with Crippen molar-refractivity contribution in [3.8, 4) is 0 Å². The molecule has 2 nitrogen and oxygen atoms in total. The topological polar surface area (TPSA) is 37.3 Å². The number of aromatic carboxylic acids is 1. The summed E-state index contributed by atoms with van der Waals surface area (Å²) in [6.45, 7) is -0.682. The summed E-state index contributed by atoms with van der Waals surface area (Å²) in [6.07, 6.45) is 0. The van der Waals surface area contributed by atoms with Gasteiger partial charge in [0.2, 0.25) is 0 Å². The number of alkyl halides is 1. The molecule has 0 bridgehead atoms. The monoisotopic (exact) mass is 188 g/mol. The van der Waals surface area contributed by atoms with Crippen LogP contribution in [0.1, 0.15) is 15.9 Å². The summed E-state index contributed by atoms with van der Waals surface area (Å²) in [5.74, 6) is -1.07. The van der Waals surface area contributed by atoms with Gasteiger partial charge in [-0.05, 0) is 12.1 Å². The zero-order valence-electron chi connectivity index (χ0n) is 6.05. The molecule has 0 aliphatic carbocycles. The molecule has 0 saturated carbocycles. The Kier molecular flexibility index (Phi) is 2.65. The molecule has 0 spiro atoms. The fourth-order valence-electron chi connectivity index (χ4n) is 0.789. The summed E-state index contributed by atoms with van der Waals surface area (Å²) in [5, 5.41) is 8.67. The average molecular weight is 189 g/mol. The van der Waals surface area contributed by atoms with Crippen LogP contribution in [0.2, 0.25) is 5.02 Å². The van der Waals surface area contributed by atoms with E-state index < -0.39 is 12.6 Å². The Morgan fingerprint density at radius 1 is 1.58 bits per heavy atom. The van der Waals surface area contributed by atoms with Crippen molar-refractivity contribution in [3.05, 3.63) is 34.3 Å². The maximum atomic E-state index is 12.1. The Balaban J connectivity index is 3.10. The lowest BCUT2D eigenvalue weighted by Gasteiger charge is -1.99. The molecule has 1 rings (SSSR count). The Morgan fingerprint density at radius 2 is 2.25 bits per heavy atom. The van der Waals surface area contributed by atoms with E-state index in [0.29, 0.717) is 5.56 Å². The highest BCUT2D eigenvalue weighted by molar-refractivity contribution is 6.31. The molecule has 0 amide bonds. The van der Waals surface area contributed by atoms with Gasteiger partial charge in [0.25, 0.3) is 0 Å². The molecule has 0 aliphatic heterocycles. The lowest BCUT2D eigenvalue weighted by Crippen LogP contribution is -1.96. The number of hydrogen-bond acceptors (Lipinski definition) is 1. The quantitative estimate of drug-likeness (QED) is 0.774. The summed E-state index contributed by atoms with van der Waals surface area (Å²) in [4.78, 5) is 10.4. The maximum absolute atomic E-state index is 12.1. The highest BCUT2D eigenvalue weighted by Gasteiger charge is 2.05. The lowest BCUT2D eigenvalue weighted by atomic mass is 10.1. The molecule has 0 atom stereocenters. The van der Waals surface area contributed by atoms with E-state index in [-0.39, 0.29) is 10.6 Å². The van der Waals surface area contributed by atoms with Gasteiger partial charge in [-0.25, -0.2) is 9.18 Å². The van der Waals surface area contributed by atoms with Gasteiger partial charge < -0.3 is 5.11 Å². The largest absolute Gasteiger partial charge is 0.478 e. The van der Waals surface area contributed by atoms with Crippen LogP contribution in [0.15, 0.2) is 18.2 Å². The van der Waals surface area contributed by atoms with Crippen LogP contribution in [0, 0.1) is 0 Å². The molecule has 0 heterocycles. The van der Waals surface area contributed by atoms with Crippen LogP contribution in [-0.4, -0.2) is 11.1 Å². The van der Waals surface area contributed by atoms with Crippen molar-refractivity contribution in [2.24, 2.45) is 0 Å². The van der Waals surface area contributed by atoms with Gasteiger partial charge in [-0.1, -0.05) is 17.7 Å². The molecule has 1 aromatic carbocycles. The van der Waals surface area contributed by atoms with Crippen LogP contribution < -0.4 is 0 Å². The summed E-state index contributed by atoms with van der Waals surface area (Å²) in [5.41, 5.74) is 0.374. The summed E-state index contributed by atoms with van der Waals surface area (Å²) < 4.78 is 12.1. The van der Waals surface area contributed by atoms with E-state index in [1.807, 2.05) is 0 Å². The Morgan fingerprint density at radius 3 is 2.67 bits per heavy atom. The molecule has 0 fully saturated rings. The molecule has 4 heteroatoms. The van der Waals surface area contributed by atoms with E-state index in [1.165, 1.54) is 18.2 Å². The highest BCUT2D eigenvalue weighted by atomic mass is 35.5. The van der Waals surface area contributed by atoms with Crippen molar-refractivity contribution in [1.29, 1.82) is 0 Å². The van der Waals surface area contributed by atoms with E-state index in [4.69, 9.17) is 16.7 Å². The number of carboxylic acid groups (broad SMARTS) is 1. The number of hydrogen-bond donors (Lipinski definition) is 1. The minimum atomic E-state index is -1.07. The zero-order valence-corrected chi connectivity index (χ0v) is 6.81. The van der Waals surface area contributed by atoms with Gasteiger partial charge in [-0.3, -0.25) is 0 Å². The average Bonchev–Trinajstić information content (AvgIpc) is 2.04. The maximum Gasteiger partial charge on any atom is 0.335 e. The van der Waals surface area contributed by atoms with Gasteiger partial charge in [0, 0.05) is 10.6 Å². The third kappa shape index (κ3) is 1.74. The van der Waals surface area contributed by atoms with Crippen LogP contribution in [0.25, 0.3) is 0 Å². The molecule has 12 heavy (non-hydrogen) atoms. The number of benzene rings is 1. The number of halogens is 2. The minimum absolute atomic E-state index is 0.0669. The standard InChI is InChI=1S/C8H6ClFO2/c9-7-3-5(8(11)12)1-2-6(7)4-10/h1-3H,4H2,(H,11,12). The fraction of sp³-hybridized carbons (Fsp3) is 0.125. The van der Waals surface area contributed by atoms with Crippen LogP contribution >= 0.6 is 11.6 Å². The first-order valence-corrected chi connectivity index (χ1v) is 3.60. The van der Waals surface area contributed by atoms with Crippen molar-refractivity contribution in [2.75, 3.05) is 0 Å². The number of carbonyl (C=O) groups is 1. The van der Waals surface area contributed by atoms with E-state index in [9.17, 15) is 9.18 Å². The summed E-state index contributed by atoms with van der Waals surface area (Å²) in [7, 11) is 0. The van der Waals surface area contributed by atoms with Crippen molar-refractivity contribution in [2.45, 2.75) is 6.67 Å². The molecule has 1 N–H and O–H groups in total. The van der Waals surface area contributed by atoms with Gasteiger partial charge in [-0.2, -0.15) is 0 Å². The molecule has 0 radical (unpaired) electrons. The van der Waals surface area contributed by atoms with Crippen LogP contribution in [0.3, 0.4) is 0 Å². The molecular weight excluding hydrogens is 183 g/mol. The molecule has 64 valence electrons. The molecule has 0 unspecified atom stereocenters. The first-order chi connectivity index (χ1) is 5.65. The van der Waals surface area contributed by atoms with Gasteiger partial charge in [0.1, 0.15) is 6.67 Å². The predicted octanol–water partition coefficient (Wildman–Crippen LogP) is 2.51. The second-order valence-electron chi connectivity index (χ2n) is 2.24. The van der Waals surface area contributed by atoms with Crippen LogP contribution in [-0.2, 0) is 6.67 Å². The first kappa shape index (κ1) is 9.00. The van der Waals surface area contributed by atoms with Gasteiger partial charge in [0.05, 0.1) is 5.56 Å². The Labute approximate surface area is 73.6 Å². The van der Waals surface area contributed by atoms with Gasteiger partial charge in [-0.15, -0.1) is 0 Å². The van der Waals surface area contributed by atoms with E-state index in [2.05, 4.69) is 0 Å². The van der Waals surface area contributed by atoms with Crippen molar-refractivity contribution in [1.82, 2.24) is 0 Å². The van der Waals surface area contributed by atoms with E-state index >= 15 is 0 Å². The molecule has 0 aromatic heterocycles. The smallest absolute Gasteiger partial charge is 0.335 e. The summed E-state index contributed by atoms with van der Waals surface area (Å²) in [6, 6.07) is 3.92. The number of rotatable bonds is 2. The van der Waals surface area contributed by atoms with Gasteiger partial charge >= 0.3 is 5.97 Å².